The number of hydrogen-bond donors (Lipinski definition) is 0. The Hall–Kier alpha value is -2.04. The summed E-state index contributed by atoms with van der Waals surface area (Å²) < 4.78 is 0. The van der Waals surface area contributed by atoms with E-state index in [0.29, 0.717) is 0 Å². The minimum Gasteiger partial charge on any atom is -0.124 e. The van der Waals surface area contributed by atoms with Crippen LogP contribution < -0.4 is 0 Å². The Balaban J connectivity index is 2.37. The van der Waals surface area contributed by atoms with Crippen LogP contribution in [0.15, 0.2) is 79.1 Å². The van der Waals surface area contributed by atoms with Crippen LogP contribution in [0.3, 0.4) is 0 Å². The molecule has 0 heterocycles. The molecule has 1 aromatic carbocycles. The highest BCUT2D eigenvalue weighted by atomic mass is 14.2. The monoisotopic (exact) mass is 234 g/mol. The molecule has 2 rings (SSSR count). The molecule has 1 unspecified atom stereocenters. The van der Waals surface area contributed by atoms with Crippen molar-refractivity contribution in [3.8, 4) is 0 Å². The van der Waals surface area contributed by atoms with Crippen LogP contribution >= 0.6 is 0 Å². The zero-order valence-corrected chi connectivity index (χ0v) is 10.6. The predicted molar refractivity (Wildman–Crippen MR) is 79.1 cm³/mol. The molecule has 0 heteroatoms. The highest BCUT2D eigenvalue weighted by Gasteiger charge is 2.16. The van der Waals surface area contributed by atoms with Gasteiger partial charge in [-0.05, 0) is 24.0 Å². The summed E-state index contributed by atoms with van der Waals surface area (Å²) in [5.74, 6) is 0.182. The third kappa shape index (κ3) is 2.61. The molecule has 0 bridgehead atoms. The summed E-state index contributed by atoms with van der Waals surface area (Å²) in [5.41, 5.74) is 6.65. The minimum atomic E-state index is 0.182. The fraction of sp³-hybridized carbons (Fsp3) is 0.167. The molecule has 0 amide bonds. The molecule has 0 radical (unpaired) electrons. The van der Waals surface area contributed by atoms with Gasteiger partial charge in [0.2, 0.25) is 0 Å². The van der Waals surface area contributed by atoms with Crippen LogP contribution in [0, 0.1) is 5.92 Å². The summed E-state index contributed by atoms with van der Waals surface area (Å²) in [6.45, 7) is 7.81. The van der Waals surface area contributed by atoms with E-state index >= 15 is 0 Å². The number of allylic oxidation sites excluding steroid dienone is 6. The van der Waals surface area contributed by atoms with Crippen LogP contribution in [0.25, 0.3) is 5.57 Å². The first kappa shape index (κ1) is 12.4. The molecule has 18 heavy (non-hydrogen) atoms. The maximum Gasteiger partial charge on any atom is 0.0342 e. The van der Waals surface area contributed by atoms with E-state index in [2.05, 4.69) is 49.2 Å². The van der Waals surface area contributed by atoms with Crippen LogP contribution in [0.2, 0.25) is 0 Å². The highest BCUT2D eigenvalue weighted by Crippen LogP contribution is 2.31. The van der Waals surface area contributed by atoms with Gasteiger partial charge >= 0.3 is 0 Å². The first-order valence-corrected chi connectivity index (χ1v) is 6.31. The zero-order valence-electron chi connectivity index (χ0n) is 10.6. The quantitative estimate of drug-likeness (QED) is 0.511. The first-order chi connectivity index (χ1) is 8.86. The summed E-state index contributed by atoms with van der Waals surface area (Å²) in [5, 5.41) is 0. The van der Waals surface area contributed by atoms with Gasteiger partial charge in [-0.15, -0.1) is 12.3 Å². The van der Waals surface area contributed by atoms with E-state index in [4.69, 9.17) is 0 Å². The van der Waals surface area contributed by atoms with Gasteiger partial charge in [-0.1, -0.05) is 61.2 Å². The zero-order chi connectivity index (χ0) is 12.8. The molecule has 0 fully saturated rings. The molecular formula is C18H18. The normalized spacial score (nSPS) is 15.4. The van der Waals surface area contributed by atoms with Crippen molar-refractivity contribution in [2.75, 3.05) is 0 Å². The Morgan fingerprint density at radius 1 is 1.22 bits per heavy atom. The molecular weight excluding hydrogens is 216 g/mol. The molecule has 0 spiro atoms. The molecule has 0 saturated carbocycles. The summed E-state index contributed by atoms with van der Waals surface area (Å²) in [6.07, 6.45) is 10.9. The van der Waals surface area contributed by atoms with Crippen LogP contribution in [0.5, 0.6) is 0 Å². The Bertz CT molecular complexity index is 522. The maximum absolute atomic E-state index is 3.97. The van der Waals surface area contributed by atoms with Gasteiger partial charge in [0.15, 0.2) is 0 Å². The molecule has 1 atom stereocenters. The lowest BCUT2D eigenvalue weighted by atomic mass is 9.85. The fourth-order valence-electron chi connectivity index (χ4n) is 2.29. The van der Waals surface area contributed by atoms with Gasteiger partial charge in [-0.2, -0.15) is 0 Å². The van der Waals surface area contributed by atoms with Gasteiger partial charge in [0.1, 0.15) is 0 Å². The molecule has 1 aromatic rings. The summed E-state index contributed by atoms with van der Waals surface area (Å²) in [7, 11) is 0. The van der Waals surface area contributed by atoms with Gasteiger partial charge in [-0.25, -0.2) is 0 Å². The van der Waals surface area contributed by atoms with Crippen molar-refractivity contribution in [3.63, 3.8) is 0 Å². The molecule has 0 aliphatic heterocycles. The van der Waals surface area contributed by atoms with E-state index in [1.165, 1.54) is 5.57 Å². The topological polar surface area (TPSA) is 0 Å². The molecule has 1 aliphatic carbocycles. The third-order valence-corrected chi connectivity index (χ3v) is 3.20. The SMILES string of the molecule is C=C=C(c1ccccc1)C(C=C)C1=CCCC=C1. The highest BCUT2D eigenvalue weighted by molar-refractivity contribution is 5.71. The lowest BCUT2D eigenvalue weighted by Crippen LogP contribution is -2.03. The van der Waals surface area contributed by atoms with Crippen LogP contribution in [-0.4, -0.2) is 0 Å². The molecule has 0 nitrogen and oxygen atoms in total. The molecule has 0 aromatic heterocycles. The fourth-order valence-corrected chi connectivity index (χ4v) is 2.29. The Morgan fingerprint density at radius 3 is 2.56 bits per heavy atom. The smallest absolute Gasteiger partial charge is 0.0342 e. The average Bonchev–Trinajstić information content (AvgIpc) is 2.46. The maximum atomic E-state index is 3.97. The second-order valence-corrected chi connectivity index (χ2v) is 4.35. The van der Waals surface area contributed by atoms with Gasteiger partial charge in [0, 0.05) is 11.5 Å². The third-order valence-electron chi connectivity index (χ3n) is 3.20. The predicted octanol–water partition coefficient (Wildman–Crippen LogP) is 4.93. The molecule has 0 N–H and O–H groups in total. The molecule has 0 saturated heterocycles. The second kappa shape index (κ2) is 6.05. The van der Waals surface area contributed by atoms with Crippen molar-refractivity contribution in [2.45, 2.75) is 12.8 Å². The lowest BCUT2D eigenvalue weighted by Gasteiger charge is -2.19. The van der Waals surface area contributed by atoms with E-state index in [0.717, 1.165) is 24.0 Å². The van der Waals surface area contributed by atoms with Crippen molar-refractivity contribution in [3.05, 3.63) is 84.7 Å². The van der Waals surface area contributed by atoms with Crippen molar-refractivity contribution < 1.29 is 0 Å². The van der Waals surface area contributed by atoms with Gasteiger partial charge in [-0.3, -0.25) is 0 Å². The van der Waals surface area contributed by atoms with Crippen molar-refractivity contribution in [1.29, 1.82) is 0 Å². The number of hydrogen-bond acceptors (Lipinski definition) is 0. The van der Waals surface area contributed by atoms with E-state index in [1.54, 1.807) is 0 Å². The Morgan fingerprint density at radius 2 is 2.00 bits per heavy atom. The van der Waals surface area contributed by atoms with Crippen molar-refractivity contribution in [1.82, 2.24) is 0 Å². The van der Waals surface area contributed by atoms with Crippen LogP contribution in [-0.2, 0) is 0 Å². The van der Waals surface area contributed by atoms with E-state index in [1.807, 2.05) is 24.3 Å². The van der Waals surface area contributed by atoms with Gasteiger partial charge in [0.05, 0.1) is 0 Å². The largest absolute Gasteiger partial charge is 0.124 e. The number of benzene rings is 1. The summed E-state index contributed by atoms with van der Waals surface area (Å²) >= 11 is 0. The minimum absolute atomic E-state index is 0.182. The summed E-state index contributed by atoms with van der Waals surface area (Å²) in [6, 6.07) is 10.3. The lowest BCUT2D eigenvalue weighted by molar-refractivity contribution is 0.945. The molecule has 90 valence electrons. The van der Waals surface area contributed by atoms with E-state index < -0.39 is 0 Å². The summed E-state index contributed by atoms with van der Waals surface area (Å²) in [4.78, 5) is 0. The van der Waals surface area contributed by atoms with E-state index in [9.17, 15) is 0 Å². The second-order valence-electron chi connectivity index (χ2n) is 4.35. The van der Waals surface area contributed by atoms with Crippen molar-refractivity contribution >= 4 is 5.57 Å². The average molecular weight is 234 g/mol. The number of rotatable bonds is 4. The van der Waals surface area contributed by atoms with Gasteiger partial charge in [0.25, 0.3) is 0 Å². The Labute approximate surface area is 109 Å². The molecule has 1 aliphatic rings. The van der Waals surface area contributed by atoms with Crippen LogP contribution in [0.4, 0.5) is 0 Å². The van der Waals surface area contributed by atoms with E-state index in [-0.39, 0.29) is 5.92 Å². The Kier molecular flexibility index (Phi) is 4.17. The van der Waals surface area contributed by atoms with Gasteiger partial charge < -0.3 is 0 Å². The first-order valence-electron chi connectivity index (χ1n) is 6.31. The van der Waals surface area contributed by atoms with Crippen LogP contribution in [0.1, 0.15) is 18.4 Å². The standard InChI is InChI=1S/C18H18/c1-3-17(15-11-7-5-8-12-15)18(4-2)16-13-9-6-10-14-16/h3,6-7,9-14,17H,1-2,5,8H2. The van der Waals surface area contributed by atoms with Crippen molar-refractivity contribution in [2.24, 2.45) is 5.92 Å².